The summed E-state index contributed by atoms with van der Waals surface area (Å²) in [6.07, 6.45) is 2.60. The molecule has 2 amide bonds. The van der Waals surface area contributed by atoms with Gasteiger partial charge in [0.15, 0.2) is 0 Å². The van der Waals surface area contributed by atoms with Crippen LogP contribution in [0.5, 0.6) is 0 Å². The van der Waals surface area contributed by atoms with Crippen LogP contribution in [0.3, 0.4) is 0 Å². The SMILES string of the molecule is COC1(CN=[N+]=[N-])CCN(C(=O)OCc2ccccc2)CC1.O=C(OCc1ccccc1)N1CCC2(CC1)CO2. The summed E-state index contributed by atoms with van der Waals surface area (Å²) in [6.45, 7) is 4.31. The summed E-state index contributed by atoms with van der Waals surface area (Å²) in [5.41, 5.74) is 10.1. The Morgan fingerprint density at radius 2 is 1.30 bits per heavy atom. The number of likely N-dealkylation sites (tertiary alicyclic amines) is 2. The Balaban J connectivity index is 0.000000188. The number of methoxy groups -OCH3 is 1. The first-order valence-corrected chi connectivity index (χ1v) is 13.6. The highest BCUT2D eigenvalue weighted by molar-refractivity contribution is 5.68. The molecule has 2 aromatic rings. The molecule has 3 fully saturated rings. The summed E-state index contributed by atoms with van der Waals surface area (Å²) in [6, 6.07) is 19.3. The Hall–Kier alpha value is -3.79. The smallest absolute Gasteiger partial charge is 0.410 e. The summed E-state index contributed by atoms with van der Waals surface area (Å²) < 4.78 is 21.5. The van der Waals surface area contributed by atoms with Gasteiger partial charge in [-0.15, -0.1) is 0 Å². The molecule has 3 heterocycles. The predicted octanol–water partition coefficient (Wildman–Crippen LogP) is 5.30. The number of ether oxygens (including phenoxy) is 4. The maximum atomic E-state index is 12.1. The fraction of sp³-hybridized carbons (Fsp3) is 0.517. The van der Waals surface area contributed by atoms with E-state index in [1.165, 1.54) is 0 Å². The lowest BCUT2D eigenvalue weighted by Gasteiger charge is -2.39. The second-order valence-electron chi connectivity index (χ2n) is 10.3. The molecule has 11 heteroatoms. The van der Waals surface area contributed by atoms with E-state index in [9.17, 15) is 9.59 Å². The number of piperidine rings is 2. The number of hydrogen-bond acceptors (Lipinski definition) is 7. The average molecular weight is 552 g/mol. The van der Waals surface area contributed by atoms with Crippen LogP contribution in [-0.4, -0.2) is 79.6 Å². The van der Waals surface area contributed by atoms with E-state index in [0.717, 1.165) is 43.7 Å². The zero-order valence-corrected chi connectivity index (χ0v) is 22.9. The Morgan fingerprint density at radius 1 is 0.850 bits per heavy atom. The summed E-state index contributed by atoms with van der Waals surface area (Å²) in [5.74, 6) is 0. The number of rotatable bonds is 7. The summed E-state index contributed by atoms with van der Waals surface area (Å²) >= 11 is 0. The molecule has 2 aromatic carbocycles. The van der Waals surface area contributed by atoms with Crippen LogP contribution in [0.2, 0.25) is 0 Å². The van der Waals surface area contributed by atoms with Crippen LogP contribution in [0, 0.1) is 0 Å². The second-order valence-corrected chi connectivity index (χ2v) is 10.3. The van der Waals surface area contributed by atoms with Gasteiger partial charge >= 0.3 is 12.2 Å². The van der Waals surface area contributed by atoms with Gasteiger partial charge in [-0.2, -0.15) is 0 Å². The molecule has 3 saturated heterocycles. The Morgan fingerprint density at radius 3 is 1.70 bits per heavy atom. The quantitative estimate of drug-likeness (QED) is 0.199. The van der Waals surface area contributed by atoms with E-state index in [1.807, 2.05) is 60.7 Å². The number of epoxide rings is 1. The van der Waals surface area contributed by atoms with Gasteiger partial charge in [0.2, 0.25) is 0 Å². The molecule has 3 aliphatic heterocycles. The molecule has 11 nitrogen and oxygen atoms in total. The van der Waals surface area contributed by atoms with Crippen molar-refractivity contribution in [1.82, 2.24) is 9.80 Å². The van der Waals surface area contributed by atoms with Gasteiger partial charge in [-0.25, -0.2) is 9.59 Å². The van der Waals surface area contributed by atoms with Gasteiger partial charge in [-0.05, 0) is 42.3 Å². The summed E-state index contributed by atoms with van der Waals surface area (Å²) in [5, 5.41) is 3.61. The third kappa shape index (κ3) is 8.35. The van der Waals surface area contributed by atoms with E-state index in [2.05, 4.69) is 10.0 Å². The fourth-order valence-corrected chi connectivity index (χ4v) is 4.79. The van der Waals surface area contributed by atoms with Crippen molar-refractivity contribution in [3.8, 4) is 0 Å². The lowest BCUT2D eigenvalue weighted by molar-refractivity contribution is -0.0481. The van der Waals surface area contributed by atoms with Crippen LogP contribution in [0.4, 0.5) is 9.59 Å². The van der Waals surface area contributed by atoms with Gasteiger partial charge in [0.1, 0.15) is 13.2 Å². The fourth-order valence-electron chi connectivity index (χ4n) is 4.79. The molecule has 40 heavy (non-hydrogen) atoms. The highest BCUT2D eigenvalue weighted by atomic mass is 16.6. The molecule has 0 N–H and O–H groups in total. The zero-order chi connectivity index (χ0) is 28.3. The monoisotopic (exact) mass is 551 g/mol. The van der Waals surface area contributed by atoms with E-state index in [-0.39, 0.29) is 30.9 Å². The van der Waals surface area contributed by atoms with Gasteiger partial charge in [0.05, 0.1) is 24.4 Å². The van der Waals surface area contributed by atoms with Crippen LogP contribution in [-0.2, 0) is 32.2 Å². The van der Waals surface area contributed by atoms with Crippen molar-refractivity contribution >= 4 is 12.2 Å². The molecule has 0 saturated carbocycles. The molecule has 0 aromatic heterocycles. The van der Waals surface area contributed by atoms with Gasteiger partial charge in [-0.3, -0.25) is 0 Å². The van der Waals surface area contributed by atoms with Crippen molar-refractivity contribution in [3.63, 3.8) is 0 Å². The largest absolute Gasteiger partial charge is 0.445 e. The lowest BCUT2D eigenvalue weighted by atomic mass is 9.91. The number of carbonyl (C=O) groups is 2. The van der Waals surface area contributed by atoms with Crippen molar-refractivity contribution in [2.45, 2.75) is 50.1 Å². The van der Waals surface area contributed by atoms with Crippen molar-refractivity contribution in [2.75, 3.05) is 46.4 Å². The minimum Gasteiger partial charge on any atom is -0.445 e. The van der Waals surface area contributed by atoms with E-state index in [0.29, 0.717) is 32.5 Å². The highest BCUT2D eigenvalue weighted by Crippen LogP contribution is 2.37. The predicted molar refractivity (Wildman–Crippen MR) is 147 cm³/mol. The van der Waals surface area contributed by atoms with Crippen LogP contribution in [0.25, 0.3) is 10.4 Å². The molecule has 0 radical (unpaired) electrons. The number of carbonyl (C=O) groups excluding carboxylic acids is 2. The number of hydrogen-bond donors (Lipinski definition) is 0. The molecule has 1 spiro atoms. The summed E-state index contributed by atoms with van der Waals surface area (Å²) in [4.78, 5) is 30.1. The summed E-state index contributed by atoms with van der Waals surface area (Å²) in [7, 11) is 1.61. The molecular weight excluding hydrogens is 514 g/mol. The number of benzene rings is 2. The third-order valence-electron chi connectivity index (χ3n) is 7.68. The molecule has 0 unspecified atom stereocenters. The number of azide groups is 1. The first kappa shape index (κ1) is 29.2. The standard InChI is InChI=1S/C15H20N4O3.C14H17NO3/c1-21-15(12-17-18-16)7-9-19(10-8-15)14(20)22-11-13-5-3-2-4-6-13;16-13(17-10-12-4-2-1-3-5-12)15-8-6-14(7-9-15)11-18-14/h2-6H,7-12H2,1H3;1-5H,6-11H2. The lowest BCUT2D eigenvalue weighted by Crippen LogP contribution is -2.49. The van der Waals surface area contributed by atoms with E-state index < -0.39 is 5.60 Å². The van der Waals surface area contributed by atoms with Gasteiger partial charge in [0, 0.05) is 38.2 Å². The molecule has 0 bridgehead atoms. The molecule has 3 aliphatic rings. The third-order valence-corrected chi connectivity index (χ3v) is 7.68. The zero-order valence-electron chi connectivity index (χ0n) is 22.9. The van der Waals surface area contributed by atoms with Gasteiger partial charge in [-0.1, -0.05) is 65.8 Å². The molecule has 0 aliphatic carbocycles. The first-order valence-electron chi connectivity index (χ1n) is 13.6. The van der Waals surface area contributed by atoms with E-state index in [1.54, 1.807) is 16.9 Å². The van der Waals surface area contributed by atoms with E-state index >= 15 is 0 Å². The Bertz CT molecular complexity index is 1140. The minimum atomic E-state index is -0.470. The minimum absolute atomic E-state index is 0.107. The second kappa shape index (κ2) is 14.0. The van der Waals surface area contributed by atoms with Crippen LogP contribution in [0.15, 0.2) is 65.8 Å². The van der Waals surface area contributed by atoms with E-state index in [4.69, 9.17) is 24.5 Å². The molecule has 5 rings (SSSR count). The van der Waals surface area contributed by atoms with Crippen LogP contribution >= 0.6 is 0 Å². The molecular formula is C29H37N5O6. The topological polar surface area (TPSA) is 130 Å². The Kier molecular flexibility index (Phi) is 10.2. The van der Waals surface area contributed by atoms with Gasteiger partial charge in [0.25, 0.3) is 0 Å². The van der Waals surface area contributed by atoms with Gasteiger partial charge < -0.3 is 28.7 Å². The first-order chi connectivity index (χ1) is 19.5. The highest BCUT2D eigenvalue weighted by Gasteiger charge is 2.47. The molecule has 0 atom stereocenters. The average Bonchev–Trinajstić information content (AvgIpc) is 3.78. The maximum Gasteiger partial charge on any atom is 0.410 e. The molecule has 214 valence electrons. The van der Waals surface area contributed by atoms with Crippen LogP contribution in [0.1, 0.15) is 36.8 Å². The van der Waals surface area contributed by atoms with Crippen molar-refractivity contribution < 1.29 is 28.5 Å². The number of nitrogens with zero attached hydrogens (tertiary/aromatic N) is 5. The van der Waals surface area contributed by atoms with Crippen LogP contribution < -0.4 is 0 Å². The maximum absolute atomic E-state index is 12.1. The Labute approximate surface area is 234 Å². The normalized spacial score (nSPS) is 18.5. The van der Waals surface area contributed by atoms with Crippen molar-refractivity contribution in [3.05, 3.63) is 82.2 Å². The van der Waals surface area contributed by atoms with Crippen molar-refractivity contribution in [2.24, 2.45) is 5.11 Å². The number of amides is 2. The van der Waals surface area contributed by atoms with Crippen molar-refractivity contribution in [1.29, 1.82) is 0 Å².